The van der Waals surface area contributed by atoms with Crippen molar-refractivity contribution in [2.45, 2.75) is 25.8 Å². The molecule has 88 valence electrons. The summed E-state index contributed by atoms with van der Waals surface area (Å²) < 4.78 is 0. The Morgan fingerprint density at radius 3 is 2.75 bits per heavy atom. The van der Waals surface area contributed by atoms with E-state index in [9.17, 15) is 15.2 Å². The number of rotatable bonds is 5. The predicted molar refractivity (Wildman–Crippen MR) is 62.5 cm³/mol. The van der Waals surface area contributed by atoms with Crippen molar-refractivity contribution >= 4 is 11.4 Å². The topological polar surface area (TPSA) is 75.4 Å². The summed E-state index contributed by atoms with van der Waals surface area (Å²) in [7, 11) is 0. The second-order valence-corrected chi connectivity index (χ2v) is 4.00. The minimum absolute atomic E-state index is 0.0216. The van der Waals surface area contributed by atoms with Crippen LogP contribution in [0.15, 0.2) is 24.3 Å². The molecule has 0 heterocycles. The fraction of sp³-hybridized carbons (Fsp3) is 0.455. The Hall–Kier alpha value is -1.62. The number of hydrogen-bond donors (Lipinski definition) is 2. The van der Waals surface area contributed by atoms with Crippen LogP contribution in [0.4, 0.5) is 11.4 Å². The number of aliphatic hydroxyl groups is 1. The van der Waals surface area contributed by atoms with Gasteiger partial charge in [-0.2, -0.15) is 0 Å². The summed E-state index contributed by atoms with van der Waals surface area (Å²) in [5.41, 5.74) is 0.240. The van der Waals surface area contributed by atoms with Gasteiger partial charge in [-0.25, -0.2) is 0 Å². The van der Waals surface area contributed by atoms with Crippen LogP contribution < -0.4 is 5.32 Å². The van der Waals surface area contributed by atoms with Crippen LogP contribution in [0.3, 0.4) is 0 Å². The molecule has 1 atom stereocenters. The summed E-state index contributed by atoms with van der Waals surface area (Å²) in [5, 5.41) is 22.9. The Bertz CT molecular complexity index is 375. The van der Waals surface area contributed by atoms with Crippen LogP contribution in [0, 0.1) is 10.1 Å². The molecule has 0 spiro atoms. The molecule has 0 bridgehead atoms. The van der Waals surface area contributed by atoms with E-state index in [1.54, 1.807) is 12.1 Å². The van der Waals surface area contributed by atoms with Gasteiger partial charge in [-0.05, 0) is 19.4 Å². The Balaban J connectivity index is 2.89. The summed E-state index contributed by atoms with van der Waals surface area (Å²) in [6.07, 6.45) is 0.728. The summed E-state index contributed by atoms with van der Waals surface area (Å²) in [6.45, 7) is 3.79. The largest absolute Gasteiger partial charge is 0.394 e. The van der Waals surface area contributed by atoms with Gasteiger partial charge in [0.1, 0.15) is 0 Å². The molecule has 5 nitrogen and oxygen atoms in total. The molecule has 2 N–H and O–H groups in total. The van der Waals surface area contributed by atoms with Crippen molar-refractivity contribution in [3.8, 4) is 0 Å². The van der Waals surface area contributed by atoms with Crippen LogP contribution in [0.2, 0.25) is 0 Å². The third-order valence-corrected chi connectivity index (χ3v) is 2.63. The zero-order valence-electron chi connectivity index (χ0n) is 9.43. The van der Waals surface area contributed by atoms with Crippen LogP contribution in [-0.2, 0) is 0 Å². The van der Waals surface area contributed by atoms with Crippen molar-refractivity contribution < 1.29 is 10.0 Å². The minimum atomic E-state index is -0.449. The van der Waals surface area contributed by atoms with E-state index in [4.69, 9.17) is 0 Å². The molecule has 0 fully saturated rings. The van der Waals surface area contributed by atoms with Crippen LogP contribution >= 0.6 is 0 Å². The highest BCUT2D eigenvalue weighted by atomic mass is 16.6. The first-order valence-electron chi connectivity index (χ1n) is 5.14. The van der Waals surface area contributed by atoms with E-state index in [1.165, 1.54) is 12.1 Å². The predicted octanol–water partition coefficient (Wildman–Crippen LogP) is 2.17. The SMILES string of the molecule is CCC(C)(CO)Nc1cccc([N+](=O)[O-])c1. The molecule has 16 heavy (non-hydrogen) atoms. The number of benzene rings is 1. The van der Waals surface area contributed by atoms with Gasteiger partial charge >= 0.3 is 0 Å². The summed E-state index contributed by atoms with van der Waals surface area (Å²) in [5.74, 6) is 0. The standard InChI is InChI=1S/C11H16N2O3/c1-3-11(2,8-14)12-9-5-4-6-10(7-9)13(15)16/h4-7,12,14H,3,8H2,1-2H3. The van der Waals surface area contributed by atoms with Crippen molar-refractivity contribution in [3.05, 3.63) is 34.4 Å². The smallest absolute Gasteiger partial charge is 0.271 e. The number of nitro benzene ring substituents is 1. The van der Waals surface area contributed by atoms with Gasteiger partial charge in [0, 0.05) is 17.8 Å². The number of aliphatic hydroxyl groups excluding tert-OH is 1. The van der Waals surface area contributed by atoms with E-state index in [2.05, 4.69) is 5.32 Å². The second-order valence-electron chi connectivity index (χ2n) is 4.00. The van der Waals surface area contributed by atoms with E-state index in [0.717, 1.165) is 6.42 Å². The lowest BCUT2D eigenvalue weighted by Gasteiger charge is -2.28. The molecule has 0 saturated heterocycles. The lowest BCUT2D eigenvalue weighted by molar-refractivity contribution is -0.384. The number of anilines is 1. The van der Waals surface area contributed by atoms with E-state index in [1.807, 2.05) is 13.8 Å². The maximum absolute atomic E-state index is 10.6. The third kappa shape index (κ3) is 2.93. The highest BCUT2D eigenvalue weighted by molar-refractivity contribution is 5.52. The van der Waals surface area contributed by atoms with E-state index in [-0.39, 0.29) is 12.3 Å². The molecule has 1 rings (SSSR count). The highest BCUT2D eigenvalue weighted by Gasteiger charge is 2.20. The fourth-order valence-electron chi connectivity index (χ4n) is 1.29. The van der Waals surface area contributed by atoms with Gasteiger partial charge in [-0.3, -0.25) is 10.1 Å². The molecule has 1 aromatic rings. The monoisotopic (exact) mass is 224 g/mol. The van der Waals surface area contributed by atoms with Crippen molar-refractivity contribution in [2.75, 3.05) is 11.9 Å². The molecule has 1 aromatic carbocycles. The average molecular weight is 224 g/mol. The maximum Gasteiger partial charge on any atom is 0.271 e. The molecule has 0 aliphatic carbocycles. The lowest BCUT2D eigenvalue weighted by Crippen LogP contribution is -2.37. The molecular formula is C11H16N2O3. The van der Waals surface area contributed by atoms with Crippen molar-refractivity contribution in [2.24, 2.45) is 0 Å². The van der Waals surface area contributed by atoms with Gasteiger partial charge in [0.15, 0.2) is 0 Å². The van der Waals surface area contributed by atoms with Crippen molar-refractivity contribution in [3.63, 3.8) is 0 Å². The van der Waals surface area contributed by atoms with Gasteiger partial charge in [-0.15, -0.1) is 0 Å². The van der Waals surface area contributed by atoms with Crippen molar-refractivity contribution in [1.82, 2.24) is 0 Å². The fourth-order valence-corrected chi connectivity index (χ4v) is 1.29. The molecule has 0 radical (unpaired) electrons. The van der Waals surface area contributed by atoms with Gasteiger partial charge in [0.25, 0.3) is 5.69 Å². The highest BCUT2D eigenvalue weighted by Crippen LogP contribution is 2.22. The van der Waals surface area contributed by atoms with Gasteiger partial charge in [-0.1, -0.05) is 13.0 Å². The van der Waals surface area contributed by atoms with E-state index >= 15 is 0 Å². The number of nitro groups is 1. The first-order valence-corrected chi connectivity index (χ1v) is 5.14. The van der Waals surface area contributed by atoms with Crippen molar-refractivity contribution in [1.29, 1.82) is 0 Å². The Morgan fingerprint density at radius 2 is 2.25 bits per heavy atom. The molecule has 0 saturated carbocycles. The van der Waals surface area contributed by atoms with Gasteiger partial charge in [0.2, 0.25) is 0 Å². The molecule has 5 heteroatoms. The number of hydrogen-bond acceptors (Lipinski definition) is 4. The van der Waals surface area contributed by atoms with Crippen LogP contribution in [0.5, 0.6) is 0 Å². The van der Waals surface area contributed by atoms with Gasteiger partial charge < -0.3 is 10.4 Å². The third-order valence-electron chi connectivity index (χ3n) is 2.63. The summed E-state index contributed by atoms with van der Waals surface area (Å²) in [4.78, 5) is 10.1. The molecular weight excluding hydrogens is 208 g/mol. The molecule has 1 unspecified atom stereocenters. The maximum atomic E-state index is 10.6. The lowest BCUT2D eigenvalue weighted by atomic mass is 10.00. The normalized spacial score (nSPS) is 14.2. The van der Waals surface area contributed by atoms with E-state index in [0.29, 0.717) is 5.69 Å². The van der Waals surface area contributed by atoms with Crippen LogP contribution in [-0.4, -0.2) is 22.2 Å². The zero-order valence-corrected chi connectivity index (χ0v) is 9.43. The zero-order chi connectivity index (χ0) is 12.2. The Morgan fingerprint density at radius 1 is 1.56 bits per heavy atom. The second kappa shape index (κ2) is 4.94. The molecule has 0 amide bonds. The minimum Gasteiger partial charge on any atom is -0.394 e. The first-order chi connectivity index (χ1) is 7.50. The average Bonchev–Trinajstić information content (AvgIpc) is 2.29. The van der Waals surface area contributed by atoms with Crippen LogP contribution in [0.25, 0.3) is 0 Å². The van der Waals surface area contributed by atoms with Gasteiger partial charge in [0.05, 0.1) is 17.1 Å². The number of nitrogens with zero attached hydrogens (tertiary/aromatic N) is 1. The summed E-state index contributed by atoms with van der Waals surface area (Å²) >= 11 is 0. The first kappa shape index (κ1) is 12.4. The molecule has 0 aromatic heterocycles. The summed E-state index contributed by atoms with van der Waals surface area (Å²) in [6, 6.07) is 6.27. The quantitative estimate of drug-likeness (QED) is 0.593. The molecule has 0 aliphatic rings. The number of non-ortho nitro benzene ring substituents is 1. The van der Waals surface area contributed by atoms with Crippen LogP contribution in [0.1, 0.15) is 20.3 Å². The Labute approximate surface area is 94.3 Å². The molecule has 0 aliphatic heterocycles. The Kier molecular flexibility index (Phi) is 3.84. The number of nitrogens with one attached hydrogen (secondary N) is 1. The van der Waals surface area contributed by atoms with E-state index < -0.39 is 10.5 Å².